The topological polar surface area (TPSA) is 71.5 Å². The largest absolute Gasteiger partial charge is 0.497 e. The first-order valence-corrected chi connectivity index (χ1v) is 10.9. The third-order valence-corrected chi connectivity index (χ3v) is 6.34. The van der Waals surface area contributed by atoms with Gasteiger partial charge in [-0.2, -0.15) is 0 Å². The molecule has 2 saturated heterocycles. The highest BCUT2D eigenvalue weighted by atomic mass is 16.5. The molecular formula is C23H31N5O2. The lowest BCUT2D eigenvalue weighted by molar-refractivity contribution is -0.129. The van der Waals surface area contributed by atoms with Crippen LogP contribution in [0.15, 0.2) is 24.4 Å². The Balaban J connectivity index is 1.62. The molecule has 0 saturated carbocycles. The summed E-state index contributed by atoms with van der Waals surface area (Å²) in [7, 11) is 1.67. The van der Waals surface area contributed by atoms with E-state index in [0.29, 0.717) is 18.4 Å². The highest BCUT2D eigenvalue weighted by molar-refractivity contribution is 5.73. The molecule has 4 rings (SSSR count). The van der Waals surface area contributed by atoms with E-state index in [2.05, 4.69) is 22.9 Å². The smallest absolute Gasteiger partial charge is 0.226 e. The van der Waals surface area contributed by atoms with E-state index in [4.69, 9.17) is 14.7 Å². The van der Waals surface area contributed by atoms with Gasteiger partial charge in [0.1, 0.15) is 5.75 Å². The number of likely N-dealkylation sites (tertiary alicyclic amines) is 1. The lowest BCUT2D eigenvalue weighted by Crippen LogP contribution is -2.36. The predicted molar refractivity (Wildman–Crippen MR) is 116 cm³/mol. The van der Waals surface area contributed by atoms with Crippen LogP contribution in [0.3, 0.4) is 0 Å². The minimum Gasteiger partial charge on any atom is -0.497 e. The lowest BCUT2D eigenvalue weighted by Gasteiger charge is -2.31. The molecule has 160 valence electrons. The van der Waals surface area contributed by atoms with Crippen LogP contribution in [0.2, 0.25) is 0 Å². The van der Waals surface area contributed by atoms with Crippen LogP contribution in [0.1, 0.15) is 62.5 Å². The Bertz CT molecular complexity index is 895. The van der Waals surface area contributed by atoms with Crippen molar-refractivity contribution >= 4 is 11.9 Å². The number of piperidine rings is 1. The maximum absolute atomic E-state index is 11.7. The van der Waals surface area contributed by atoms with Crippen molar-refractivity contribution in [3.05, 3.63) is 41.5 Å². The van der Waals surface area contributed by atoms with E-state index in [1.54, 1.807) is 20.2 Å². The van der Waals surface area contributed by atoms with E-state index in [-0.39, 0.29) is 5.91 Å². The molecule has 0 aliphatic carbocycles. The summed E-state index contributed by atoms with van der Waals surface area (Å²) in [5.41, 5.74) is 3.02. The molecule has 1 amide bonds. The number of carbonyl (C=O) groups is 1. The van der Waals surface area contributed by atoms with Crippen LogP contribution in [0.4, 0.5) is 5.95 Å². The first-order chi connectivity index (χ1) is 14.5. The molecule has 0 N–H and O–H groups in total. The molecule has 7 nitrogen and oxygen atoms in total. The highest BCUT2D eigenvalue weighted by Crippen LogP contribution is 2.30. The van der Waals surface area contributed by atoms with Crippen molar-refractivity contribution in [1.82, 2.24) is 19.9 Å². The molecular weight excluding hydrogens is 378 g/mol. The third kappa shape index (κ3) is 4.55. The standard InChI is InChI=1S/C23H31N5O2/c1-16-5-4-10-28(16)23-25-20(13-19-14-21(30-3)6-9-24-19)15-22(26-23)18-7-11-27(12-8-18)17(2)29/h6,9,14-16,18H,4-5,7-8,10-13H2,1-3H3. The average molecular weight is 410 g/mol. The fourth-order valence-electron chi connectivity index (χ4n) is 4.52. The minimum atomic E-state index is 0.160. The van der Waals surface area contributed by atoms with Crippen LogP contribution in [0.5, 0.6) is 5.75 Å². The summed E-state index contributed by atoms with van der Waals surface area (Å²) in [5, 5.41) is 0. The zero-order chi connectivity index (χ0) is 21.1. The van der Waals surface area contributed by atoms with E-state index in [1.165, 1.54) is 12.8 Å². The average Bonchev–Trinajstić information content (AvgIpc) is 3.19. The Hall–Kier alpha value is -2.70. The van der Waals surface area contributed by atoms with Gasteiger partial charge in [0, 0.05) is 68.6 Å². The van der Waals surface area contributed by atoms with Crippen molar-refractivity contribution in [2.45, 2.75) is 57.9 Å². The van der Waals surface area contributed by atoms with Crippen LogP contribution in [0, 0.1) is 0 Å². The normalized spacial score (nSPS) is 19.9. The number of carbonyl (C=O) groups excluding carboxylic acids is 1. The highest BCUT2D eigenvalue weighted by Gasteiger charge is 2.27. The van der Waals surface area contributed by atoms with Gasteiger partial charge in [-0.25, -0.2) is 9.97 Å². The summed E-state index contributed by atoms with van der Waals surface area (Å²) in [6.07, 6.45) is 6.67. The van der Waals surface area contributed by atoms with Crippen molar-refractivity contribution < 1.29 is 9.53 Å². The Morgan fingerprint density at radius 1 is 1.13 bits per heavy atom. The maximum atomic E-state index is 11.7. The van der Waals surface area contributed by atoms with Crippen molar-refractivity contribution in [3.8, 4) is 5.75 Å². The maximum Gasteiger partial charge on any atom is 0.226 e. The Labute approximate surface area is 178 Å². The SMILES string of the molecule is COc1ccnc(Cc2cc(C3CCN(C(C)=O)CC3)nc(N3CCCC3C)n2)c1. The molecule has 2 aromatic heterocycles. The second kappa shape index (κ2) is 8.98. The van der Waals surface area contributed by atoms with Crippen molar-refractivity contribution in [1.29, 1.82) is 0 Å². The molecule has 0 spiro atoms. The summed E-state index contributed by atoms with van der Waals surface area (Å²) >= 11 is 0. The van der Waals surface area contributed by atoms with Crippen molar-refractivity contribution in [3.63, 3.8) is 0 Å². The Morgan fingerprint density at radius 3 is 2.60 bits per heavy atom. The van der Waals surface area contributed by atoms with E-state index in [0.717, 1.165) is 61.3 Å². The summed E-state index contributed by atoms with van der Waals surface area (Å²) in [6.45, 7) is 6.50. The first-order valence-electron chi connectivity index (χ1n) is 10.9. The van der Waals surface area contributed by atoms with Crippen LogP contribution in [-0.2, 0) is 11.2 Å². The van der Waals surface area contributed by atoms with Gasteiger partial charge in [0.25, 0.3) is 0 Å². The summed E-state index contributed by atoms with van der Waals surface area (Å²) in [4.78, 5) is 30.4. The van der Waals surface area contributed by atoms with Gasteiger partial charge in [0.15, 0.2) is 0 Å². The lowest BCUT2D eigenvalue weighted by atomic mass is 9.92. The zero-order valence-corrected chi connectivity index (χ0v) is 18.2. The number of amides is 1. The second-order valence-corrected chi connectivity index (χ2v) is 8.41. The van der Waals surface area contributed by atoms with Crippen molar-refractivity contribution in [2.75, 3.05) is 31.6 Å². The van der Waals surface area contributed by atoms with E-state index < -0.39 is 0 Å². The monoisotopic (exact) mass is 409 g/mol. The number of aromatic nitrogens is 3. The Morgan fingerprint density at radius 2 is 1.93 bits per heavy atom. The van der Waals surface area contributed by atoms with Gasteiger partial charge < -0.3 is 14.5 Å². The van der Waals surface area contributed by atoms with Gasteiger partial charge in [0.2, 0.25) is 11.9 Å². The third-order valence-electron chi connectivity index (χ3n) is 6.34. The Kier molecular flexibility index (Phi) is 6.16. The number of nitrogens with zero attached hydrogens (tertiary/aromatic N) is 5. The van der Waals surface area contributed by atoms with Crippen LogP contribution in [-0.4, -0.2) is 58.5 Å². The van der Waals surface area contributed by atoms with E-state index in [1.807, 2.05) is 17.0 Å². The fourth-order valence-corrected chi connectivity index (χ4v) is 4.52. The number of ether oxygens (including phenoxy) is 1. The summed E-state index contributed by atoms with van der Waals surface area (Å²) in [5.74, 6) is 2.16. The van der Waals surface area contributed by atoms with E-state index >= 15 is 0 Å². The van der Waals surface area contributed by atoms with Gasteiger partial charge in [-0.05, 0) is 44.7 Å². The zero-order valence-electron chi connectivity index (χ0n) is 18.2. The van der Waals surface area contributed by atoms with Gasteiger partial charge in [-0.15, -0.1) is 0 Å². The quantitative estimate of drug-likeness (QED) is 0.755. The molecule has 0 bridgehead atoms. The van der Waals surface area contributed by atoms with Gasteiger partial charge >= 0.3 is 0 Å². The number of pyridine rings is 1. The van der Waals surface area contributed by atoms with Gasteiger partial charge in [0.05, 0.1) is 12.8 Å². The second-order valence-electron chi connectivity index (χ2n) is 8.41. The van der Waals surface area contributed by atoms with Crippen molar-refractivity contribution in [2.24, 2.45) is 0 Å². The molecule has 2 aliphatic heterocycles. The van der Waals surface area contributed by atoms with Crippen LogP contribution in [0.25, 0.3) is 0 Å². The number of rotatable bonds is 5. The predicted octanol–water partition coefficient (Wildman–Crippen LogP) is 3.19. The number of methoxy groups -OCH3 is 1. The molecule has 2 aliphatic rings. The van der Waals surface area contributed by atoms with Crippen LogP contribution >= 0.6 is 0 Å². The minimum absolute atomic E-state index is 0.160. The molecule has 0 aromatic carbocycles. The molecule has 2 aromatic rings. The van der Waals surface area contributed by atoms with Gasteiger partial charge in [-0.1, -0.05) is 0 Å². The molecule has 7 heteroatoms. The molecule has 4 heterocycles. The fraction of sp³-hybridized carbons (Fsp3) is 0.565. The first kappa shape index (κ1) is 20.6. The molecule has 30 heavy (non-hydrogen) atoms. The van der Waals surface area contributed by atoms with Crippen LogP contribution < -0.4 is 9.64 Å². The molecule has 2 fully saturated rings. The van der Waals surface area contributed by atoms with E-state index in [9.17, 15) is 4.79 Å². The number of hydrogen-bond acceptors (Lipinski definition) is 6. The number of hydrogen-bond donors (Lipinski definition) is 0. The van der Waals surface area contributed by atoms with Gasteiger partial charge in [-0.3, -0.25) is 9.78 Å². The summed E-state index contributed by atoms with van der Waals surface area (Å²) < 4.78 is 5.35. The molecule has 1 unspecified atom stereocenters. The summed E-state index contributed by atoms with van der Waals surface area (Å²) in [6, 6.07) is 6.42. The number of anilines is 1. The molecule has 1 atom stereocenters. The molecule has 0 radical (unpaired) electrons.